The Labute approximate surface area is 84.5 Å². The van der Waals surface area contributed by atoms with Gasteiger partial charge in [0, 0.05) is 18.7 Å². The average Bonchev–Trinajstić information content (AvgIpc) is 2.44. The molecule has 3 N–H and O–H groups in total. The van der Waals surface area contributed by atoms with E-state index in [0.29, 0.717) is 5.92 Å². The Morgan fingerprint density at radius 1 is 1.57 bits per heavy atom. The first-order valence-corrected chi connectivity index (χ1v) is 5.23. The Kier molecular flexibility index (Phi) is 2.46. The molecule has 0 bridgehead atoms. The van der Waals surface area contributed by atoms with Gasteiger partial charge in [0.15, 0.2) is 0 Å². The van der Waals surface area contributed by atoms with Crippen LogP contribution in [-0.2, 0) is 19.5 Å². The van der Waals surface area contributed by atoms with Crippen molar-refractivity contribution >= 4 is 5.82 Å². The lowest BCUT2D eigenvalue weighted by molar-refractivity contribution is 0.456. The minimum Gasteiger partial charge on any atom is -0.382 e. The predicted octanol–water partition coefficient (Wildman–Crippen LogP) is 0.767. The normalized spacial score (nSPS) is 15.9. The highest BCUT2D eigenvalue weighted by Gasteiger charge is 2.18. The maximum absolute atomic E-state index is 5.88. The summed E-state index contributed by atoms with van der Waals surface area (Å²) >= 11 is 0. The molecule has 4 nitrogen and oxygen atoms in total. The average molecular weight is 194 g/mol. The van der Waals surface area contributed by atoms with Gasteiger partial charge in [-0.15, -0.1) is 0 Å². The van der Waals surface area contributed by atoms with Crippen molar-refractivity contribution in [2.45, 2.75) is 33.4 Å². The maximum Gasteiger partial charge on any atom is 0.149 e. The van der Waals surface area contributed by atoms with Crippen molar-refractivity contribution in [3.63, 3.8) is 0 Å². The summed E-state index contributed by atoms with van der Waals surface area (Å²) in [6.07, 6.45) is 1.01. The number of fused-ring (bicyclic) bond motifs is 1. The zero-order valence-corrected chi connectivity index (χ0v) is 8.88. The fourth-order valence-corrected chi connectivity index (χ4v) is 1.94. The third-order valence-electron chi connectivity index (χ3n) is 2.58. The van der Waals surface area contributed by atoms with Crippen LogP contribution >= 0.6 is 0 Å². The topological polar surface area (TPSA) is 55.9 Å². The van der Waals surface area contributed by atoms with Gasteiger partial charge in [-0.05, 0) is 18.9 Å². The molecule has 2 rings (SSSR count). The first-order valence-electron chi connectivity index (χ1n) is 5.23. The number of nitrogen functional groups attached to an aromatic ring is 1. The molecule has 0 unspecified atom stereocenters. The first-order chi connectivity index (χ1) is 6.68. The summed E-state index contributed by atoms with van der Waals surface area (Å²) < 4.78 is 2.06. The van der Waals surface area contributed by atoms with Crippen LogP contribution in [-0.4, -0.2) is 16.3 Å². The van der Waals surface area contributed by atoms with Crippen LogP contribution in [0.1, 0.15) is 25.1 Å². The van der Waals surface area contributed by atoms with Gasteiger partial charge in [0.1, 0.15) is 5.82 Å². The Bertz CT molecular complexity index is 327. The van der Waals surface area contributed by atoms with Crippen LogP contribution in [0, 0.1) is 5.92 Å². The lowest BCUT2D eigenvalue weighted by Gasteiger charge is -2.16. The molecule has 0 atom stereocenters. The van der Waals surface area contributed by atoms with Crippen LogP contribution < -0.4 is 11.1 Å². The van der Waals surface area contributed by atoms with E-state index in [1.54, 1.807) is 0 Å². The molecule has 1 aromatic rings. The molecule has 14 heavy (non-hydrogen) atoms. The van der Waals surface area contributed by atoms with Crippen molar-refractivity contribution in [3.05, 3.63) is 11.3 Å². The van der Waals surface area contributed by atoms with E-state index >= 15 is 0 Å². The Balaban J connectivity index is 2.31. The second-order valence-electron chi connectivity index (χ2n) is 4.31. The van der Waals surface area contributed by atoms with E-state index in [1.807, 2.05) is 0 Å². The highest BCUT2D eigenvalue weighted by atomic mass is 15.3. The summed E-state index contributed by atoms with van der Waals surface area (Å²) in [6, 6.07) is 0. The standard InChI is InChI=1S/C10H18N4/c1-7(2)6-14-9-5-12-4-3-8(9)10(11)13-14/h7,12H,3-6H2,1-2H3,(H2,11,13). The van der Waals surface area contributed by atoms with Crippen LogP contribution in [0.25, 0.3) is 0 Å². The first kappa shape index (κ1) is 9.52. The highest BCUT2D eigenvalue weighted by Crippen LogP contribution is 2.20. The van der Waals surface area contributed by atoms with Crippen molar-refractivity contribution in [2.75, 3.05) is 12.3 Å². The number of hydrogen-bond acceptors (Lipinski definition) is 3. The monoisotopic (exact) mass is 194 g/mol. The summed E-state index contributed by atoms with van der Waals surface area (Å²) in [5.41, 5.74) is 8.41. The van der Waals surface area contributed by atoms with Crippen LogP contribution in [0.15, 0.2) is 0 Å². The summed E-state index contributed by atoms with van der Waals surface area (Å²) in [6.45, 7) is 7.28. The van der Waals surface area contributed by atoms with Crippen LogP contribution in [0.4, 0.5) is 5.82 Å². The maximum atomic E-state index is 5.88. The van der Waals surface area contributed by atoms with Gasteiger partial charge in [-0.25, -0.2) is 0 Å². The van der Waals surface area contributed by atoms with Gasteiger partial charge in [-0.2, -0.15) is 5.10 Å². The van der Waals surface area contributed by atoms with E-state index in [0.717, 1.165) is 31.9 Å². The predicted molar refractivity (Wildman–Crippen MR) is 56.9 cm³/mol. The van der Waals surface area contributed by atoms with Crippen molar-refractivity contribution in [1.29, 1.82) is 0 Å². The Hall–Kier alpha value is -1.03. The number of rotatable bonds is 2. The van der Waals surface area contributed by atoms with Crippen LogP contribution in [0.5, 0.6) is 0 Å². The molecular formula is C10H18N4. The largest absolute Gasteiger partial charge is 0.382 e. The second-order valence-corrected chi connectivity index (χ2v) is 4.31. The lowest BCUT2D eigenvalue weighted by Crippen LogP contribution is -2.26. The number of aromatic nitrogens is 2. The molecule has 0 aliphatic carbocycles. The molecule has 0 fully saturated rings. The van der Waals surface area contributed by atoms with E-state index in [-0.39, 0.29) is 0 Å². The number of anilines is 1. The van der Waals surface area contributed by atoms with E-state index < -0.39 is 0 Å². The molecule has 1 aliphatic heterocycles. The third-order valence-corrected chi connectivity index (χ3v) is 2.58. The van der Waals surface area contributed by atoms with E-state index in [2.05, 4.69) is 28.9 Å². The van der Waals surface area contributed by atoms with E-state index in [9.17, 15) is 0 Å². The van der Waals surface area contributed by atoms with Gasteiger partial charge >= 0.3 is 0 Å². The minimum atomic E-state index is 0.611. The molecule has 0 amide bonds. The molecule has 0 saturated heterocycles. The summed E-state index contributed by atoms with van der Waals surface area (Å²) in [5.74, 6) is 1.34. The number of nitrogens with two attached hydrogens (primary N) is 1. The minimum absolute atomic E-state index is 0.611. The van der Waals surface area contributed by atoms with Gasteiger partial charge in [-0.3, -0.25) is 4.68 Å². The van der Waals surface area contributed by atoms with Crippen molar-refractivity contribution < 1.29 is 0 Å². The summed E-state index contributed by atoms with van der Waals surface area (Å²) in [7, 11) is 0. The van der Waals surface area contributed by atoms with Crippen LogP contribution in [0.2, 0.25) is 0 Å². The van der Waals surface area contributed by atoms with E-state index in [4.69, 9.17) is 5.73 Å². The molecular weight excluding hydrogens is 176 g/mol. The van der Waals surface area contributed by atoms with Crippen molar-refractivity contribution in [1.82, 2.24) is 15.1 Å². The molecule has 0 saturated carbocycles. The molecule has 78 valence electrons. The molecule has 1 aliphatic rings. The molecule has 2 heterocycles. The van der Waals surface area contributed by atoms with E-state index in [1.165, 1.54) is 11.3 Å². The fourth-order valence-electron chi connectivity index (χ4n) is 1.94. The van der Waals surface area contributed by atoms with Crippen LogP contribution in [0.3, 0.4) is 0 Å². The second kappa shape index (κ2) is 3.61. The Morgan fingerprint density at radius 2 is 2.36 bits per heavy atom. The van der Waals surface area contributed by atoms with Crippen molar-refractivity contribution in [2.24, 2.45) is 5.92 Å². The highest BCUT2D eigenvalue weighted by molar-refractivity contribution is 5.44. The smallest absolute Gasteiger partial charge is 0.149 e. The zero-order chi connectivity index (χ0) is 10.1. The van der Waals surface area contributed by atoms with Gasteiger partial charge in [-0.1, -0.05) is 13.8 Å². The molecule has 1 aromatic heterocycles. The summed E-state index contributed by atoms with van der Waals surface area (Å²) in [5, 5.41) is 7.74. The number of nitrogens with one attached hydrogen (secondary N) is 1. The van der Waals surface area contributed by atoms with Gasteiger partial charge in [0.25, 0.3) is 0 Å². The molecule has 0 aromatic carbocycles. The Morgan fingerprint density at radius 3 is 3.07 bits per heavy atom. The van der Waals surface area contributed by atoms with Crippen molar-refractivity contribution in [3.8, 4) is 0 Å². The SMILES string of the molecule is CC(C)Cn1nc(N)c2c1CNCC2. The molecule has 0 radical (unpaired) electrons. The quantitative estimate of drug-likeness (QED) is 0.731. The fraction of sp³-hybridized carbons (Fsp3) is 0.700. The van der Waals surface area contributed by atoms with Gasteiger partial charge < -0.3 is 11.1 Å². The number of nitrogens with zero attached hydrogens (tertiary/aromatic N) is 2. The zero-order valence-electron chi connectivity index (χ0n) is 8.88. The molecule has 4 heteroatoms. The van der Waals surface area contributed by atoms with Gasteiger partial charge in [0.05, 0.1) is 5.69 Å². The third kappa shape index (κ3) is 1.62. The molecule has 0 spiro atoms. The summed E-state index contributed by atoms with van der Waals surface area (Å²) in [4.78, 5) is 0. The van der Waals surface area contributed by atoms with Gasteiger partial charge in [0.2, 0.25) is 0 Å². The lowest BCUT2D eigenvalue weighted by atomic mass is 10.1. The number of hydrogen-bond donors (Lipinski definition) is 2.